The van der Waals surface area contributed by atoms with Crippen LogP contribution in [0.5, 0.6) is 0 Å². The Labute approximate surface area is 116 Å². The van der Waals surface area contributed by atoms with Gasteiger partial charge in [-0.3, -0.25) is 9.78 Å². The van der Waals surface area contributed by atoms with E-state index in [-0.39, 0.29) is 23.6 Å². The van der Waals surface area contributed by atoms with Crippen molar-refractivity contribution in [2.45, 2.75) is 18.7 Å². The lowest BCUT2D eigenvalue weighted by atomic mass is 10.1. The highest BCUT2D eigenvalue weighted by molar-refractivity contribution is 14.1. The summed E-state index contributed by atoms with van der Waals surface area (Å²) < 4.78 is 30.5. The molecule has 17 heavy (non-hydrogen) atoms. The average molecular weight is 376 g/mol. The number of halogens is 4. The Morgan fingerprint density at radius 2 is 2.24 bits per heavy atom. The van der Waals surface area contributed by atoms with Crippen LogP contribution in [0.3, 0.4) is 0 Å². The fourth-order valence-corrected chi connectivity index (χ4v) is 2.28. The molecule has 0 aliphatic carbocycles. The van der Waals surface area contributed by atoms with E-state index in [9.17, 15) is 13.6 Å². The molecule has 0 fully saturated rings. The standard InChI is InChI=1S/C10H9ClF2INO2/c1-17-8(16)2-5-6(3-11)9(10(12)13)15-4-7(5)14/h4,10H,2-3H2,1H3. The van der Waals surface area contributed by atoms with Gasteiger partial charge < -0.3 is 4.74 Å². The molecule has 0 saturated heterocycles. The number of rotatable bonds is 4. The van der Waals surface area contributed by atoms with Gasteiger partial charge in [0.2, 0.25) is 0 Å². The molecule has 3 nitrogen and oxygen atoms in total. The first kappa shape index (κ1) is 14.6. The van der Waals surface area contributed by atoms with E-state index in [0.717, 1.165) is 0 Å². The zero-order valence-corrected chi connectivity index (χ0v) is 11.8. The summed E-state index contributed by atoms with van der Waals surface area (Å²) in [4.78, 5) is 14.9. The lowest BCUT2D eigenvalue weighted by Gasteiger charge is -2.12. The quantitative estimate of drug-likeness (QED) is 0.461. The molecule has 1 aromatic heterocycles. The zero-order valence-electron chi connectivity index (χ0n) is 8.84. The molecule has 0 N–H and O–H groups in total. The van der Waals surface area contributed by atoms with Crippen LogP contribution in [0.1, 0.15) is 23.2 Å². The van der Waals surface area contributed by atoms with Gasteiger partial charge in [0, 0.05) is 15.6 Å². The van der Waals surface area contributed by atoms with Crippen LogP contribution in [0.25, 0.3) is 0 Å². The molecule has 7 heteroatoms. The van der Waals surface area contributed by atoms with Crippen LogP contribution in [0.2, 0.25) is 0 Å². The molecule has 0 spiro atoms. The third kappa shape index (κ3) is 3.48. The summed E-state index contributed by atoms with van der Waals surface area (Å²) >= 11 is 7.58. The van der Waals surface area contributed by atoms with Crippen LogP contribution in [0, 0.1) is 3.57 Å². The van der Waals surface area contributed by atoms with E-state index in [0.29, 0.717) is 9.13 Å². The summed E-state index contributed by atoms with van der Waals surface area (Å²) in [7, 11) is 1.24. The maximum Gasteiger partial charge on any atom is 0.310 e. The molecule has 94 valence electrons. The van der Waals surface area contributed by atoms with E-state index in [4.69, 9.17) is 11.6 Å². The van der Waals surface area contributed by atoms with Crippen molar-refractivity contribution >= 4 is 40.2 Å². The minimum absolute atomic E-state index is 0.0843. The molecule has 0 amide bonds. The normalized spacial score (nSPS) is 10.7. The first-order chi connectivity index (χ1) is 8.01. The van der Waals surface area contributed by atoms with Crippen molar-refractivity contribution in [2.24, 2.45) is 0 Å². The van der Waals surface area contributed by atoms with Crippen LogP contribution in [0.15, 0.2) is 6.20 Å². The minimum Gasteiger partial charge on any atom is -0.469 e. The van der Waals surface area contributed by atoms with Crippen molar-refractivity contribution in [2.75, 3.05) is 7.11 Å². The SMILES string of the molecule is COC(=O)Cc1c(I)cnc(C(F)F)c1CCl. The Hall–Kier alpha value is -0.500. The van der Waals surface area contributed by atoms with Gasteiger partial charge in [0.15, 0.2) is 0 Å². The lowest BCUT2D eigenvalue weighted by molar-refractivity contribution is -0.139. The molecule has 0 aliphatic rings. The summed E-state index contributed by atoms with van der Waals surface area (Å²) in [5.41, 5.74) is 0.288. The Bertz CT molecular complexity index is 429. The second-order valence-corrected chi connectivity index (χ2v) is 4.57. The highest BCUT2D eigenvalue weighted by Gasteiger charge is 2.21. The molecule has 0 saturated carbocycles. The monoisotopic (exact) mass is 375 g/mol. The summed E-state index contributed by atoms with van der Waals surface area (Å²) in [5.74, 6) is -0.615. The van der Waals surface area contributed by atoms with Crippen molar-refractivity contribution < 1.29 is 18.3 Å². The van der Waals surface area contributed by atoms with Gasteiger partial charge in [-0.25, -0.2) is 8.78 Å². The number of pyridine rings is 1. The Balaban J connectivity index is 3.25. The zero-order chi connectivity index (χ0) is 13.0. The number of ether oxygens (including phenoxy) is 1. The van der Waals surface area contributed by atoms with Gasteiger partial charge in [-0.05, 0) is 33.7 Å². The number of aromatic nitrogens is 1. The molecule has 0 bridgehead atoms. The number of hydrogen-bond acceptors (Lipinski definition) is 3. The first-order valence-electron chi connectivity index (χ1n) is 4.58. The fourth-order valence-electron chi connectivity index (χ4n) is 1.33. The molecular formula is C10H9ClF2INO2. The predicted octanol–water partition coefficient (Wildman–Crippen LogP) is 3.08. The van der Waals surface area contributed by atoms with Gasteiger partial charge >= 0.3 is 5.97 Å². The third-order valence-corrected chi connectivity index (χ3v) is 3.36. The molecule has 0 aromatic carbocycles. The van der Waals surface area contributed by atoms with E-state index < -0.39 is 12.4 Å². The van der Waals surface area contributed by atoms with Gasteiger partial charge in [-0.1, -0.05) is 0 Å². The fraction of sp³-hybridized carbons (Fsp3) is 0.400. The highest BCUT2D eigenvalue weighted by atomic mass is 127. The number of alkyl halides is 3. The number of nitrogens with zero attached hydrogens (tertiary/aromatic N) is 1. The third-order valence-electron chi connectivity index (χ3n) is 2.17. The number of methoxy groups -OCH3 is 1. The minimum atomic E-state index is -2.71. The number of carbonyl (C=O) groups excluding carboxylic acids is 1. The summed E-state index contributed by atoms with van der Waals surface area (Å²) in [5, 5.41) is 0. The molecule has 0 aliphatic heterocycles. The Morgan fingerprint density at radius 3 is 2.71 bits per heavy atom. The van der Waals surface area contributed by atoms with Crippen molar-refractivity contribution in [1.82, 2.24) is 4.98 Å². The number of esters is 1. The predicted molar refractivity (Wildman–Crippen MR) is 67.2 cm³/mol. The highest BCUT2D eigenvalue weighted by Crippen LogP contribution is 2.28. The van der Waals surface area contributed by atoms with E-state index >= 15 is 0 Å². The number of hydrogen-bond donors (Lipinski definition) is 0. The van der Waals surface area contributed by atoms with Crippen LogP contribution in [-0.2, 0) is 21.8 Å². The molecular weight excluding hydrogens is 366 g/mol. The van der Waals surface area contributed by atoms with Crippen LogP contribution < -0.4 is 0 Å². The van der Waals surface area contributed by atoms with Gasteiger partial charge in [-0.2, -0.15) is 0 Å². The van der Waals surface area contributed by atoms with E-state index in [2.05, 4.69) is 9.72 Å². The van der Waals surface area contributed by atoms with Crippen LogP contribution in [-0.4, -0.2) is 18.1 Å². The van der Waals surface area contributed by atoms with Crippen LogP contribution >= 0.6 is 34.2 Å². The summed E-state index contributed by atoms with van der Waals surface area (Å²) in [6.45, 7) is 0. The summed E-state index contributed by atoms with van der Waals surface area (Å²) in [6.07, 6.45) is -1.49. The first-order valence-corrected chi connectivity index (χ1v) is 6.19. The Kier molecular flexibility index (Phi) is 5.51. The number of carbonyl (C=O) groups is 1. The topological polar surface area (TPSA) is 39.2 Å². The molecule has 0 unspecified atom stereocenters. The molecule has 1 rings (SSSR count). The van der Waals surface area contributed by atoms with Crippen molar-refractivity contribution in [3.8, 4) is 0 Å². The van der Waals surface area contributed by atoms with Crippen LogP contribution in [0.4, 0.5) is 8.78 Å². The van der Waals surface area contributed by atoms with Gasteiger partial charge in [0.05, 0.1) is 13.5 Å². The van der Waals surface area contributed by atoms with Gasteiger partial charge in [0.25, 0.3) is 6.43 Å². The Morgan fingerprint density at radius 1 is 1.59 bits per heavy atom. The second-order valence-electron chi connectivity index (χ2n) is 3.14. The average Bonchev–Trinajstić information content (AvgIpc) is 2.30. The van der Waals surface area contributed by atoms with Gasteiger partial charge in [-0.15, -0.1) is 11.6 Å². The molecule has 1 aromatic rings. The van der Waals surface area contributed by atoms with Crippen molar-refractivity contribution in [3.05, 3.63) is 26.6 Å². The van der Waals surface area contributed by atoms with Crippen molar-refractivity contribution in [3.63, 3.8) is 0 Å². The molecule has 0 atom stereocenters. The van der Waals surface area contributed by atoms with Crippen molar-refractivity contribution in [1.29, 1.82) is 0 Å². The molecule has 1 heterocycles. The van der Waals surface area contributed by atoms with E-state index in [1.165, 1.54) is 13.3 Å². The molecule has 0 radical (unpaired) electrons. The van der Waals surface area contributed by atoms with E-state index in [1.54, 1.807) is 0 Å². The summed E-state index contributed by atoms with van der Waals surface area (Å²) in [6, 6.07) is 0. The smallest absolute Gasteiger partial charge is 0.310 e. The maximum atomic E-state index is 12.7. The second kappa shape index (κ2) is 6.44. The maximum absolute atomic E-state index is 12.7. The van der Waals surface area contributed by atoms with Gasteiger partial charge in [0.1, 0.15) is 5.69 Å². The largest absolute Gasteiger partial charge is 0.469 e. The van der Waals surface area contributed by atoms with E-state index in [1.807, 2.05) is 22.6 Å². The lowest BCUT2D eigenvalue weighted by Crippen LogP contribution is -2.11.